The number of hydrogen-bond acceptors (Lipinski definition) is 7. The molecule has 1 aromatic heterocycles. The normalized spacial score (nSPS) is 12.0. The molecule has 0 bridgehead atoms. The Morgan fingerprint density at radius 1 is 1.00 bits per heavy atom. The molecule has 0 radical (unpaired) electrons. The van der Waals surface area contributed by atoms with Crippen LogP contribution in [0.15, 0.2) is 53.9 Å². The van der Waals surface area contributed by atoms with Gasteiger partial charge in [-0.05, 0) is 22.3 Å². The minimum absolute atomic E-state index is 0.00821. The lowest BCUT2D eigenvalue weighted by Gasteiger charge is -2.14. The van der Waals surface area contributed by atoms with Gasteiger partial charge in [0.25, 0.3) is 0 Å². The molecule has 35 heavy (non-hydrogen) atoms. The van der Waals surface area contributed by atoms with Crippen molar-refractivity contribution in [3.63, 3.8) is 0 Å². The van der Waals surface area contributed by atoms with Crippen LogP contribution in [0.2, 0.25) is 0 Å². The van der Waals surface area contributed by atoms with Gasteiger partial charge in [-0.25, -0.2) is 9.78 Å². The van der Waals surface area contributed by atoms with Crippen molar-refractivity contribution in [2.75, 3.05) is 26.4 Å². The average molecular weight is 496 g/mol. The summed E-state index contributed by atoms with van der Waals surface area (Å²) in [6.07, 6.45) is -0.689. The van der Waals surface area contributed by atoms with E-state index in [1.54, 1.807) is 5.38 Å². The Labute approximate surface area is 206 Å². The van der Waals surface area contributed by atoms with Crippen molar-refractivity contribution in [2.45, 2.75) is 18.9 Å². The average Bonchev–Trinajstić information content (AvgIpc) is 3.43. The molecule has 2 aromatic carbocycles. The highest BCUT2D eigenvalue weighted by Crippen LogP contribution is 2.44. The first-order valence-electron chi connectivity index (χ1n) is 11.1. The first kappa shape index (κ1) is 24.4. The van der Waals surface area contributed by atoms with Crippen molar-refractivity contribution in [1.29, 1.82) is 0 Å². The molecule has 2 amide bonds. The number of rotatable bonds is 11. The summed E-state index contributed by atoms with van der Waals surface area (Å²) in [5, 5.41) is 16.3. The predicted octanol–water partition coefficient (Wildman–Crippen LogP) is 2.94. The summed E-state index contributed by atoms with van der Waals surface area (Å²) in [6, 6.07) is 16.3. The molecule has 0 fully saturated rings. The lowest BCUT2D eigenvalue weighted by Crippen LogP contribution is -2.31. The topological polar surface area (TPSA) is 127 Å². The van der Waals surface area contributed by atoms with Crippen LogP contribution < -0.4 is 10.6 Å². The van der Waals surface area contributed by atoms with Crippen molar-refractivity contribution >= 4 is 29.3 Å². The molecular weight excluding hydrogens is 470 g/mol. The van der Waals surface area contributed by atoms with E-state index in [0.29, 0.717) is 10.7 Å². The Morgan fingerprint density at radius 2 is 1.69 bits per heavy atom. The number of fused-ring (bicyclic) bond motifs is 3. The molecule has 0 spiro atoms. The second kappa shape index (κ2) is 11.6. The summed E-state index contributed by atoms with van der Waals surface area (Å²) in [5.41, 5.74) is 5.08. The van der Waals surface area contributed by atoms with E-state index in [4.69, 9.17) is 14.6 Å². The molecule has 3 N–H and O–H groups in total. The number of nitrogens with one attached hydrogen (secondary N) is 2. The number of aromatic nitrogens is 1. The highest BCUT2D eigenvalue weighted by molar-refractivity contribution is 7.09. The van der Waals surface area contributed by atoms with Crippen LogP contribution in [0.1, 0.15) is 27.7 Å². The molecule has 0 atom stereocenters. The molecule has 0 unspecified atom stereocenters. The van der Waals surface area contributed by atoms with Crippen molar-refractivity contribution < 1.29 is 29.0 Å². The van der Waals surface area contributed by atoms with E-state index in [0.717, 1.165) is 11.1 Å². The molecule has 0 saturated carbocycles. The maximum Gasteiger partial charge on any atom is 0.407 e. The fourth-order valence-corrected chi connectivity index (χ4v) is 4.66. The number of carboxylic acids is 1. The van der Waals surface area contributed by atoms with Gasteiger partial charge in [-0.15, -0.1) is 11.3 Å². The summed E-state index contributed by atoms with van der Waals surface area (Å²) >= 11 is 1.28. The van der Waals surface area contributed by atoms with E-state index in [1.165, 1.54) is 22.5 Å². The van der Waals surface area contributed by atoms with E-state index >= 15 is 0 Å². The molecule has 0 aliphatic heterocycles. The fourth-order valence-electron chi connectivity index (χ4n) is 3.93. The SMILES string of the molecule is O=C(O)Cc1csc(CNC(=O)COCCNC(=O)OCC2c3ccccc3-c3ccccc32)n1. The van der Waals surface area contributed by atoms with Gasteiger partial charge in [0.15, 0.2) is 0 Å². The summed E-state index contributed by atoms with van der Waals surface area (Å²) in [5.74, 6) is -1.29. The molecule has 1 heterocycles. The maximum absolute atomic E-state index is 12.1. The third-order valence-corrected chi connectivity index (χ3v) is 6.36. The summed E-state index contributed by atoms with van der Waals surface area (Å²) in [4.78, 5) is 38.9. The predicted molar refractivity (Wildman–Crippen MR) is 129 cm³/mol. The quantitative estimate of drug-likeness (QED) is 0.349. The van der Waals surface area contributed by atoms with Crippen molar-refractivity contribution in [3.8, 4) is 11.1 Å². The van der Waals surface area contributed by atoms with Crippen LogP contribution in [0.5, 0.6) is 0 Å². The van der Waals surface area contributed by atoms with Gasteiger partial charge >= 0.3 is 12.1 Å². The van der Waals surface area contributed by atoms with Crippen LogP contribution in [-0.2, 0) is 32.0 Å². The van der Waals surface area contributed by atoms with E-state index in [2.05, 4.69) is 39.9 Å². The van der Waals surface area contributed by atoms with E-state index in [-0.39, 0.29) is 51.2 Å². The first-order chi connectivity index (χ1) is 17.0. The van der Waals surface area contributed by atoms with Crippen LogP contribution in [0, 0.1) is 0 Å². The number of ether oxygens (including phenoxy) is 2. The molecule has 1 aliphatic carbocycles. The van der Waals surface area contributed by atoms with Gasteiger partial charge in [0.1, 0.15) is 18.2 Å². The van der Waals surface area contributed by atoms with Crippen LogP contribution in [0.4, 0.5) is 4.79 Å². The number of thiazole rings is 1. The number of carbonyl (C=O) groups is 3. The molecule has 1 aliphatic rings. The van der Waals surface area contributed by atoms with Crippen molar-refractivity contribution in [1.82, 2.24) is 15.6 Å². The van der Waals surface area contributed by atoms with Gasteiger partial charge in [-0.2, -0.15) is 0 Å². The minimum atomic E-state index is -0.953. The fraction of sp³-hybridized carbons (Fsp3) is 0.280. The molecule has 9 nitrogen and oxygen atoms in total. The zero-order valence-corrected chi connectivity index (χ0v) is 19.7. The maximum atomic E-state index is 12.1. The largest absolute Gasteiger partial charge is 0.481 e. The van der Waals surface area contributed by atoms with Crippen LogP contribution in [0.25, 0.3) is 11.1 Å². The third-order valence-electron chi connectivity index (χ3n) is 5.46. The van der Waals surface area contributed by atoms with Gasteiger partial charge in [0.05, 0.1) is 25.3 Å². The van der Waals surface area contributed by atoms with Crippen LogP contribution >= 0.6 is 11.3 Å². The zero-order chi connectivity index (χ0) is 24.6. The Bertz CT molecular complexity index is 1170. The number of aliphatic carboxylic acids is 1. The second-order valence-electron chi connectivity index (χ2n) is 7.88. The smallest absolute Gasteiger partial charge is 0.407 e. The molecule has 3 aromatic rings. The number of benzene rings is 2. The van der Waals surface area contributed by atoms with Gasteiger partial charge in [0.2, 0.25) is 5.91 Å². The number of amides is 2. The Morgan fingerprint density at radius 3 is 2.37 bits per heavy atom. The Kier molecular flexibility index (Phi) is 8.07. The lowest BCUT2D eigenvalue weighted by atomic mass is 9.98. The van der Waals surface area contributed by atoms with E-state index in [9.17, 15) is 14.4 Å². The Hall–Kier alpha value is -3.76. The van der Waals surface area contributed by atoms with Crippen molar-refractivity contribution in [2.24, 2.45) is 0 Å². The monoisotopic (exact) mass is 495 g/mol. The van der Waals surface area contributed by atoms with Gasteiger partial charge in [0, 0.05) is 17.8 Å². The van der Waals surface area contributed by atoms with E-state index in [1.807, 2.05) is 24.3 Å². The second-order valence-corrected chi connectivity index (χ2v) is 8.83. The lowest BCUT2D eigenvalue weighted by molar-refractivity contribution is -0.136. The Balaban J connectivity index is 1.12. The van der Waals surface area contributed by atoms with Crippen molar-refractivity contribution in [3.05, 3.63) is 75.7 Å². The van der Waals surface area contributed by atoms with Crippen LogP contribution in [0.3, 0.4) is 0 Å². The number of carboxylic acid groups (broad SMARTS) is 1. The first-order valence-corrected chi connectivity index (χ1v) is 12.0. The molecular formula is C25H25N3O6S. The highest BCUT2D eigenvalue weighted by Gasteiger charge is 2.28. The zero-order valence-electron chi connectivity index (χ0n) is 18.9. The number of nitrogens with zero attached hydrogens (tertiary/aromatic N) is 1. The molecule has 182 valence electrons. The third kappa shape index (κ3) is 6.43. The van der Waals surface area contributed by atoms with Gasteiger partial charge in [-0.3, -0.25) is 9.59 Å². The number of alkyl carbamates (subject to hydrolysis) is 1. The highest BCUT2D eigenvalue weighted by atomic mass is 32.1. The summed E-state index contributed by atoms with van der Waals surface area (Å²) in [7, 11) is 0. The summed E-state index contributed by atoms with van der Waals surface area (Å²) < 4.78 is 10.7. The number of carbonyl (C=O) groups excluding carboxylic acids is 2. The van der Waals surface area contributed by atoms with Gasteiger partial charge < -0.3 is 25.2 Å². The number of hydrogen-bond donors (Lipinski definition) is 3. The molecule has 10 heteroatoms. The minimum Gasteiger partial charge on any atom is -0.481 e. The van der Waals surface area contributed by atoms with E-state index < -0.39 is 12.1 Å². The van der Waals surface area contributed by atoms with Gasteiger partial charge in [-0.1, -0.05) is 48.5 Å². The van der Waals surface area contributed by atoms with Crippen LogP contribution in [-0.4, -0.2) is 54.4 Å². The summed E-state index contributed by atoms with van der Waals surface area (Å²) in [6.45, 7) is 0.616. The standard InChI is InChI=1S/C25H25N3O6S/c29-22(27-12-23-28-16(15-35-23)11-24(30)31)14-33-10-9-26-25(32)34-13-21-19-7-3-1-5-17(19)18-6-2-4-8-20(18)21/h1-8,15,21H,9-14H2,(H,26,32)(H,27,29)(H,30,31). The molecule has 4 rings (SSSR count). The molecule has 0 saturated heterocycles.